The minimum Gasteiger partial charge on any atom is -0.495 e. The van der Waals surface area contributed by atoms with Crippen LogP contribution in [0.1, 0.15) is 45.5 Å². The predicted octanol–water partition coefficient (Wildman–Crippen LogP) is 6.62. The minimum atomic E-state index is -0.159. The zero-order valence-electron chi connectivity index (χ0n) is 18.4. The maximum absolute atomic E-state index is 13.9. The van der Waals surface area contributed by atoms with Gasteiger partial charge in [0.15, 0.2) is 0 Å². The second kappa shape index (κ2) is 8.39. The van der Waals surface area contributed by atoms with Gasteiger partial charge in [-0.15, -0.1) is 22.7 Å². The molecule has 0 saturated carbocycles. The molecule has 0 bridgehead atoms. The summed E-state index contributed by atoms with van der Waals surface area (Å²) in [7, 11) is 1.63. The van der Waals surface area contributed by atoms with Crippen LogP contribution in [-0.2, 0) is 19.4 Å². The lowest BCUT2D eigenvalue weighted by atomic mass is 9.95. The lowest BCUT2D eigenvalue weighted by Gasteiger charge is -2.30. The molecule has 33 heavy (non-hydrogen) atoms. The first-order valence-electron chi connectivity index (χ1n) is 11.3. The molecular weight excluding hydrogens is 450 g/mol. The van der Waals surface area contributed by atoms with Crippen LogP contribution in [0.25, 0.3) is 5.00 Å². The van der Waals surface area contributed by atoms with E-state index in [0.717, 1.165) is 23.4 Å². The van der Waals surface area contributed by atoms with Crippen LogP contribution in [0.4, 0.5) is 10.5 Å². The first-order chi connectivity index (χ1) is 16.2. The summed E-state index contributed by atoms with van der Waals surface area (Å²) < 4.78 is 7.80. The molecule has 168 valence electrons. The summed E-state index contributed by atoms with van der Waals surface area (Å²) in [5.41, 5.74) is 4.58. The van der Waals surface area contributed by atoms with Crippen molar-refractivity contribution in [1.29, 1.82) is 0 Å². The van der Waals surface area contributed by atoms with E-state index in [9.17, 15) is 4.79 Å². The number of anilines is 1. The summed E-state index contributed by atoms with van der Waals surface area (Å²) in [6.45, 7) is 0.590. The Balaban J connectivity index is 1.48. The van der Waals surface area contributed by atoms with Crippen molar-refractivity contribution in [3.63, 3.8) is 0 Å². The number of aromatic nitrogens is 1. The Morgan fingerprint density at radius 1 is 1.06 bits per heavy atom. The molecule has 1 aliphatic carbocycles. The molecule has 0 radical (unpaired) electrons. The lowest BCUT2D eigenvalue weighted by molar-refractivity contribution is 0.195. The fraction of sp³-hybridized carbons (Fsp3) is 0.269. The van der Waals surface area contributed by atoms with Crippen molar-refractivity contribution in [2.45, 2.75) is 38.3 Å². The van der Waals surface area contributed by atoms with E-state index in [4.69, 9.17) is 4.74 Å². The van der Waals surface area contributed by atoms with Crippen molar-refractivity contribution in [1.82, 2.24) is 9.47 Å². The number of fused-ring (bicyclic) bond motifs is 5. The molecular formula is C26H25N3O2S2. The second-order valence-electron chi connectivity index (χ2n) is 8.47. The number of urea groups is 1. The zero-order chi connectivity index (χ0) is 22.4. The Hall–Kier alpha value is -3.03. The Morgan fingerprint density at radius 2 is 1.94 bits per heavy atom. The van der Waals surface area contributed by atoms with Gasteiger partial charge in [-0.2, -0.15) is 0 Å². The van der Waals surface area contributed by atoms with Gasteiger partial charge in [0.1, 0.15) is 16.8 Å². The number of rotatable bonds is 3. The highest BCUT2D eigenvalue weighted by Gasteiger charge is 2.36. The van der Waals surface area contributed by atoms with Gasteiger partial charge < -0.3 is 19.5 Å². The van der Waals surface area contributed by atoms with Crippen LogP contribution in [0.15, 0.2) is 60.1 Å². The maximum atomic E-state index is 13.9. The SMILES string of the molecule is COc1ccccc1NC(=O)N1Cc2c(sc3c2CCCC3)-n2cccc2C1c1cccs1. The number of hydrogen-bond donors (Lipinski definition) is 1. The van der Waals surface area contributed by atoms with Crippen molar-refractivity contribution in [3.05, 3.63) is 86.7 Å². The summed E-state index contributed by atoms with van der Waals surface area (Å²) in [5.74, 6) is 0.658. The number of methoxy groups -OCH3 is 1. The molecule has 1 N–H and O–H groups in total. The van der Waals surface area contributed by atoms with E-state index < -0.39 is 0 Å². The lowest BCUT2D eigenvalue weighted by Crippen LogP contribution is -2.37. The van der Waals surface area contributed by atoms with Gasteiger partial charge in [0.25, 0.3) is 0 Å². The largest absolute Gasteiger partial charge is 0.495 e. The monoisotopic (exact) mass is 475 g/mol. The third-order valence-corrected chi connectivity index (χ3v) is 8.86. The first-order valence-corrected chi connectivity index (χ1v) is 13.0. The number of nitrogens with zero attached hydrogens (tertiary/aromatic N) is 2. The molecule has 1 unspecified atom stereocenters. The highest BCUT2D eigenvalue weighted by atomic mass is 32.1. The molecule has 4 aromatic rings. The van der Waals surface area contributed by atoms with E-state index in [1.54, 1.807) is 18.4 Å². The van der Waals surface area contributed by atoms with E-state index in [0.29, 0.717) is 18.0 Å². The predicted molar refractivity (Wildman–Crippen MR) is 134 cm³/mol. The molecule has 2 amide bonds. The van der Waals surface area contributed by atoms with Gasteiger partial charge in [-0.1, -0.05) is 18.2 Å². The Morgan fingerprint density at radius 3 is 2.79 bits per heavy atom. The maximum Gasteiger partial charge on any atom is 0.323 e. The van der Waals surface area contributed by atoms with Crippen molar-refractivity contribution in [2.75, 3.05) is 12.4 Å². The first kappa shape index (κ1) is 20.6. The number of para-hydroxylation sites is 2. The number of amides is 2. The number of nitrogens with one attached hydrogen (secondary N) is 1. The number of ether oxygens (including phenoxy) is 1. The van der Waals surface area contributed by atoms with E-state index >= 15 is 0 Å². The van der Waals surface area contributed by atoms with Crippen LogP contribution in [-0.4, -0.2) is 22.6 Å². The number of aryl methyl sites for hydroxylation is 1. The number of hydrogen-bond acceptors (Lipinski definition) is 4. The van der Waals surface area contributed by atoms with Gasteiger partial charge in [-0.05, 0) is 67.0 Å². The molecule has 1 aliphatic heterocycles. The van der Waals surface area contributed by atoms with Crippen molar-refractivity contribution in [3.8, 4) is 10.8 Å². The molecule has 7 heteroatoms. The van der Waals surface area contributed by atoms with Crippen LogP contribution in [0.2, 0.25) is 0 Å². The van der Waals surface area contributed by atoms with E-state index in [-0.39, 0.29) is 12.1 Å². The third-order valence-electron chi connectivity index (χ3n) is 6.60. The average molecular weight is 476 g/mol. The Kier molecular flexibility index (Phi) is 5.23. The van der Waals surface area contributed by atoms with Gasteiger partial charge in [-0.25, -0.2) is 4.79 Å². The third kappa shape index (κ3) is 3.47. The van der Waals surface area contributed by atoms with Crippen molar-refractivity contribution >= 4 is 34.4 Å². The molecule has 4 heterocycles. The van der Waals surface area contributed by atoms with Crippen LogP contribution in [0.5, 0.6) is 5.75 Å². The highest BCUT2D eigenvalue weighted by molar-refractivity contribution is 7.15. The number of carbonyl (C=O) groups is 1. The summed E-state index contributed by atoms with van der Waals surface area (Å²) >= 11 is 3.60. The van der Waals surface area contributed by atoms with Gasteiger partial charge in [0, 0.05) is 21.5 Å². The number of carbonyl (C=O) groups excluding carboxylic acids is 1. The zero-order valence-corrected chi connectivity index (χ0v) is 20.0. The highest BCUT2D eigenvalue weighted by Crippen LogP contribution is 2.45. The average Bonchev–Trinajstić information content (AvgIpc) is 3.59. The van der Waals surface area contributed by atoms with Crippen LogP contribution < -0.4 is 10.1 Å². The van der Waals surface area contributed by atoms with Crippen LogP contribution in [0.3, 0.4) is 0 Å². The molecule has 0 spiro atoms. The molecule has 1 atom stereocenters. The normalized spacial score (nSPS) is 17.0. The number of benzene rings is 1. The van der Waals surface area contributed by atoms with Crippen molar-refractivity contribution < 1.29 is 9.53 Å². The molecule has 0 fully saturated rings. The summed E-state index contributed by atoms with van der Waals surface area (Å²) in [6, 6.07) is 15.7. The Bertz CT molecular complexity index is 1310. The van der Waals surface area contributed by atoms with E-state index in [1.807, 2.05) is 40.5 Å². The summed E-state index contributed by atoms with van der Waals surface area (Å²) in [6.07, 6.45) is 6.87. The molecule has 0 saturated heterocycles. The second-order valence-corrected chi connectivity index (χ2v) is 10.5. The van der Waals surface area contributed by atoms with Gasteiger partial charge in [0.2, 0.25) is 0 Å². The summed E-state index contributed by atoms with van der Waals surface area (Å²) in [5, 5.41) is 6.50. The minimum absolute atomic E-state index is 0.116. The fourth-order valence-corrected chi connectivity index (χ4v) is 7.32. The van der Waals surface area contributed by atoms with E-state index in [1.165, 1.54) is 33.8 Å². The van der Waals surface area contributed by atoms with Crippen LogP contribution >= 0.6 is 22.7 Å². The van der Waals surface area contributed by atoms with Gasteiger partial charge in [0.05, 0.1) is 25.0 Å². The Labute approximate surface area is 201 Å². The topological polar surface area (TPSA) is 46.5 Å². The molecule has 2 aliphatic rings. The van der Waals surface area contributed by atoms with Crippen molar-refractivity contribution in [2.24, 2.45) is 0 Å². The molecule has 6 rings (SSSR count). The fourth-order valence-electron chi connectivity index (χ4n) is 5.07. The quantitative estimate of drug-likeness (QED) is 0.362. The van der Waals surface area contributed by atoms with Crippen LogP contribution in [0, 0.1) is 0 Å². The standard InChI is InChI=1S/C26H25N3O2S2/c1-31-21-11-4-3-9-19(21)27-26(30)29-16-18-17-8-2-5-12-22(17)33-25(18)28-14-6-10-20(28)24(29)23-13-7-15-32-23/h3-4,6-7,9-11,13-15,24H,2,5,8,12,16H2,1H3,(H,27,30). The van der Waals surface area contributed by atoms with Gasteiger partial charge in [-0.3, -0.25) is 0 Å². The van der Waals surface area contributed by atoms with Gasteiger partial charge >= 0.3 is 6.03 Å². The molecule has 3 aromatic heterocycles. The molecule has 5 nitrogen and oxygen atoms in total. The number of thiophene rings is 2. The summed E-state index contributed by atoms with van der Waals surface area (Å²) in [4.78, 5) is 18.5. The molecule has 1 aromatic carbocycles. The van der Waals surface area contributed by atoms with E-state index in [2.05, 4.69) is 45.7 Å². The smallest absolute Gasteiger partial charge is 0.323 e.